The zero-order valence-electron chi connectivity index (χ0n) is 12.2. The summed E-state index contributed by atoms with van der Waals surface area (Å²) in [5.74, 6) is 0.611. The molecule has 1 aliphatic rings. The van der Waals surface area contributed by atoms with Gasteiger partial charge in [-0.15, -0.1) is 0 Å². The summed E-state index contributed by atoms with van der Waals surface area (Å²) in [6, 6.07) is 10.1. The molecule has 0 heterocycles. The Morgan fingerprint density at radius 3 is 2.60 bits per heavy atom. The first-order valence-corrected chi connectivity index (χ1v) is 7.66. The van der Waals surface area contributed by atoms with Crippen LogP contribution in [0.3, 0.4) is 0 Å². The fourth-order valence-corrected chi connectivity index (χ4v) is 2.98. The number of rotatable bonds is 6. The number of amides is 1. The third kappa shape index (κ3) is 4.34. The van der Waals surface area contributed by atoms with Crippen molar-refractivity contribution in [3.8, 4) is 0 Å². The molecular formula is C17H25NO2. The van der Waals surface area contributed by atoms with Gasteiger partial charge in [0, 0.05) is 13.0 Å². The van der Waals surface area contributed by atoms with Gasteiger partial charge in [-0.05, 0) is 30.2 Å². The summed E-state index contributed by atoms with van der Waals surface area (Å²) in [6.45, 7) is 2.45. The van der Waals surface area contributed by atoms with Gasteiger partial charge < -0.3 is 10.4 Å². The molecule has 0 saturated heterocycles. The van der Waals surface area contributed by atoms with Gasteiger partial charge in [-0.2, -0.15) is 0 Å². The maximum atomic E-state index is 11.9. The van der Waals surface area contributed by atoms with Crippen molar-refractivity contribution < 1.29 is 9.90 Å². The number of hydrogen-bond donors (Lipinski definition) is 2. The smallest absolute Gasteiger partial charge is 0.220 e. The second-order valence-corrected chi connectivity index (χ2v) is 5.93. The molecule has 1 fully saturated rings. The molecule has 1 aromatic rings. The topological polar surface area (TPSA) is 49.3 Å². The number of nitrogens with one attached hydrogen (secondary N) is 1. The van der Waals surface area contributed by atoms with Crippen molar-refractivity contribution in [3.63, 3.8) is 0 Å². The molecule has 0 bridgehead atoms. The van der Waals surface area contributed by atoms with Gasteiger partial charge in [0.1, 0.15) is 0 Å². The molecule has 2 atom stereocenters. The van der Waals surface area contributed by atoms with Crippen molar-refractivity contribution in [2.24, 2.45) is 5.92 Å². The van der Waals surface area contributed by atoms with Crippen LogP contribution in [0.2, 0.25) is 0 Å². The highest BCUT2D eigenvalue weighted by Gasteiger charge is 2.23. The molecule has 1 saturated carbocycles. The van der Waals surface area contributed by atoms with Gasteiger partial charge in [0.05, 0.1) is 6.10 Å². The van der Waals surface area contributed by atoms with E-state index < -0.39 is 0 Å². The van der Waals surface area contributed by atoms with Gasteiger partial charge >= 0.3 is 0 Å². The molecule has 3 nitrogen and oxygen atoms in total. The van der Waals surface area contributed by atoms with Crippen LogP contribution in [-0.2, 0) is 4.79 Å². The second kappa shape index (κ2) is 7.44. The number of aliphatic hydroxyl groups is 1. The fraction of sp³-hybridized carbons (Fsp3) is 0.588. The van der Waals surface area contributed by atoms with Crippen LogP contribution in [0, 0.1) is 5.92 Å². The minimum atomic E-state index is -0.381. The Kier molecular flexibility index (Phi) is 5.60. The molecule has 2 N–H and O–H groups in total. The van der Waals surface area contributed by atoms with Crippen molar-refractivity contribution in [3.05, 3.63) is 35.9 Å². The van der Waals surface area contributed by atoms with Gasteiger partial charge in [0.25, 0.3) is 0 Å². The highest BCUT2D eigenvalue weighted by molar-refractivity contribution is 5.76. The SMILES string of the molecule is CC(CC(=O)NCC(O)C1CCCC1)c1ccccc1. The molecule has 2 rings (SSSR count). The lowest BCUT2D eigenvalue weighted by molar-refractivity contribution is -0.122. The Labute approximate surface area is 121 Å². The molecule has 20 heavy (non-hydrogen) atoms. The first kappa shape index (κ1) is 15.0. The van der Waals surface area contributed by atoms with Gasteiger partial charge in [0.2, 0.25) is 5.91 Å². The number of hydrogen-bond acceptors (Lipinski definition) is 2. The van der Waals surface area contributed by atoms with E-state index in [2.05, 4.69) is 12.2 Å². The van der Waals surface area contributed by atoms with Crippen LogP contribution in [0.1, 0.15) is 50.5 Å². The maximum Gasteiger partial charge on any atom is 0.220 e. The van der Waals surface area contributed by atoms with E-state index in [1.54, 1.807) is 0 Å². The minimum Gasteiger partial charge on any atom is -0.391 e. The highest BCUT2D eigenvalue weighted by Crippen LogP contribution is 2.27. The summed E-state index contributed by atoms with van der Waals surface area (Å²) in [5, 5.41) is 12.9. The van der Waals surface area contributed by atoms with Crippen molar-refractivity contribution in [1.29, 1.82) is 0 Å². The molecule has 0 aromatic heterocycles. The van der Waals surface area contributed by atoms with Crippen LogP contribution >= 0.6 is 0 Å². The summed E-state index contributed by atoms with van der Waals surface area (Å²) in [6.07, 6.45) is 4.70. The molecule has 1 aromatic carbocycles. The van der Waals surface area contributed by atoms with E-state index in [0.717, 1.165) is 12.8 Å². The molecule has 1 aliphatic carbocycles. The van der Waals surface area contributed by atoms with Crippen molar-refractivity contribution in [1.82, 2.24) is 5.32 Å². The predicted molar refractivity (Wildman–Crippen MR) is 80.4 cm³/mol. The summed E-state index contributed by atoms with van der Waals surface area (Å²) in [5.41, 5.74) is 1.18. The first-order valence-electron chi connectivity index (χ1n) is 7.66. The van der Waals surface area contributed by atoms with E-state index in [0.29, 0.717) is 18.9 Å². The number of aliphatic hydroxyl groups excluding tert-OH is 1. The van der Waals surface area contributed by atoms with E-state index in [-0.39, 0.29) is 17.9 Å². The zero-order valence-corrected chi connectivity index (χ0v) is 12.2. The lowest BCUT2D eigenvalue weighted by Gasteiger charge is -2.19. The Morgan fingerprint density at radius 1 is 1.30 bits per heavy atom. The van der Waals surface area contributed by atoms with E-state index in [1.807, 2.05) is 30.3 Å². The largest absolute Gasteiger partial charge is 0.391 e. The Balaban J connectivity index is 1.72. The van der Waals surface area contributed by atoms with E-state index >= 15 is 0 Å². The standard InChI is InChI=1S/C17H25NO2/c1-13(14-7-3-2-4-8-14)11-17(20)18-12-16(19)15-9-5-6-10-15/h2-4,7-8,13,15-16,19H,5-6,9-12H2,1H3,(H,18,20). The number of benzene rings is 1. The Bertz CT molecular complexity index is 412. The fourth-order valence-electron chi connectivity index (χ4n) is 2.98. The van der Waals surface area contributed by atoms with Crippen molar-refractivity contribution in [2.45, 2.75) is 51.0 Å². The predicted octanol–water partition coefficient (Wildman–Crippen LogP) is 2.85. The summed E-state index contributed by atoms with van der Waals surface area (Å²) in [7, 11) is 0. The quantitative estimate of drug-likeness (QED) is 0.838. The van der Waals surface area contributed by atoms with Crippen LogP contribution in [-0.4, -0.2) is 23.7 Å². The normalized spacial score (nSPS) is 18.7. The molecule has 110 valence electrons. The van der Waals surface area contributed by atoms with Crippen LogP contribution in [0.25, 0.3) is 0 Å². The lowest BCUT2D eigenvalue weighted by Crippen LogP contribution is -2.36. The molecular weight excluding hydrogens is 250 g/mol. The first-order chi connectivity index (χ1) is 9.66. The monoisotopic (exact) mass is 275 g/mol. The molecule has 1 amide bonds. The maximum absolute atomic E-state index is 11.9. The molecule has 0 radical (unpaired) electrons. The van der Waals surface area contributed by atoms with Crippen LogP contribution in [0.15, 0.2) is 30.3 Å². The van der Waals surface area contributed by atoms with Crippen molar-refractivity contribution in [2.75, 3.05) is 6.54 Å². The summed E-state index contributed by atoms with van der Waals surface area (Å²) in [4.78, 5) is 11.9. The number of carbonyl (C=O) groups is 1. The van der Waals surface area contributed by atoms with Crippen LogP contribution in [0.5, 0.6) is 0 Å². The number of carbonyl (C=O) groups excluding carboxylic acids is 1. The summed E-state index contributed by atoms with van der Waals surface area (Å²) >= 11 is 0. The zero-order chi connectivity index (χ0) is 14.4. The Morgan fingerprint density at radius 2 is 1.95 bits per heavy atom. The Hall–Kier alpha value is -1.35. The summed E-state index contributed by atoms with van der Waals surface area (Å²) < 4.78 is 0. The average molecular weight is 275 g/mol. The molecule has 0 spiro atoms. The van der Waals surface area contributed by atoms with E-state index in [9.17, 15) is 9.90 Å². The average Bonchev–Trinajstić information content (AvgIpc) is 3.00. The van der Waals surface area contributed by atoms with Gasteiger partial charge in [-0.3, -0.25) is 4.79 Å². The molecule has 0 aliphatic heterocycles. The second-order valence-electron chi connectivity index (χ2n) is 5.93. The van der Waals surface area contributed by atoms with Gasteiger partial charge in [0.15, 0.2) is 0 Å². The van der Waals surface area contributed by atoms with E-state index in [1.165, 1.54) is 18.4 Å². The van der Waals surface area contributed by atoms with Gasteiger partial charge in [-0.25, -0.2) is 0 Å². The van der Waals surface area contributed by atoms with Crippen LogP contribution < -0.4 is 5.32 Å². The van der Waals surface area contributed by atoms with Crippen molar-refractivity contribution >= 4 is 5.91 Å². The molecule has 2 unspecified atom stereocenters. The third-order valence-electron chi connectivity index (χ3n) is 4.31. The highest BCUT2D eigenvalue weighted by atomic mass is 16.3. The van der Waals surface area contributed by atoms with Gasteiger partial charge in [-0.1, -0.05) is 50.1 Å². The van der Waals surface area contributed by atoms with Crippen LogP contribution in [0.4, 0.5) is 0 Å². The van der Waals surface area contributed by atoms with E-state index in [4.69, 9.17) is 0 Å². The third-order valence-corrected chi connectivity index (χ3v) is 4.31. The lowest BCUT2D eigenvalue weighted by atomic mass is 9.97. The minimum absolute atomic E-state index is 0.0263. The molecule has 3 heteroatoms.